The predicted octanol–water partition coefficient (Wildman–Crippen LogP) is 4.06. The SMILES string of the molecule is CCN(C)CC#Cc1ccc2nc3n(c2c1)[C@@H]1C[C@H]3N(C)C(=O)c2cccc(OC(F)F)c21. The van der Waals surface area contributed by atoms with E-state index in [2.05, 4.69) is 28.2 Å². The summed E-state index contributed by atoms with van der Waals surface area (Å²) in [6, 6.07) is 9.99. The fourth-order valence-corrected chi connectivity index (χ4v) is 4.75. The molecule has 8 heteroatoms. The highest BCUT2D eigenvalue weighted by atomic mass is 19.3. The summed E-state index contributed by atoms with van der Waals surface area (Å²) in [6.07, 6.45) is 0.550. The number of hydrogen-bond donors (Lipinski definition) is 0. The summed E-state index contributed by atoms with van der Waals surface area (Å²) < 4.78 is 33.3. The van der Waals surface area contributed by atoms with E-state index in [-0.39, 0.29) is 23.7 Å². The number of fused-ring (bicyclic) bond motifs is 9. The maximum Gasteiger partial charge on any atom is 0.387 e. The molecule has 0 N–H and O–H groups in total. The number of benzene rings is 2. The molecule has 3 aromatic rings. The van der Waals surface area contributed by atoms with Crippen LogP contribution in [0.1, 0.15) is 52.7 Å². The maximum atomic E-state index is 13.2. The van der Waals surface area contributed by atoms with E-state index in [0.717, 1.165) is 29.0 Å². The summed E-state index contributed by atoms with van der Waals surface area (Å²) in [5, 5.41) is 0. The number of nitrogens with zero attached hydrogens (tertiary/aromatic N) is 4. The molecular weight excluding hydrogens is 426 g/mol. The van der Waals surface area contributed by atoms with Crippen molar-refractivity contribution in [3.8, 4) is 17.6 Å². The molecule has 0 aliphatic carbocycles. The highest BCUT2D eigenvalue weighted by Crippen LogP contribution is 2.49. The van der Waals surface area contributed by atoms with E-state index in [0.29, 0.717) is 24.1 Å². The van der Waals surface area contributed by atoms with Crippen molar-refractivity contribution in [1.82, 2.24) is 19.4 Å². The monoisotopic (exact) mass is 450 g/mol. The van der Waals surface area contributed by atoms with Crippen LogP contribution in [-0.4, -0.2) is 59.1 Å². The van der Waals surface area contributed by atoms with E-state index >= 15 is 0 Å². The molecule has 2 aliphatic rings. The normalized spacial score (nSPS) is 18.9. The quantitative estimate of drug-likeness (QED) is 0.563. The Bertz CT molecular complexity index is 1310. The first kappa shape index (κ1) is 21.4. The molecule has 1 amide bonds. The summed E-state index contributed by atoms with van der Waals surface area (Å²) in [4.78, 5) is 21.7. The zero-order valence-corrected chi connectivity index (χ0v) is 18.7. The van der Waals surface area contributed by atoms with Crippen molar-refractivity contribution in [2.45, 2.75) is 32.0 Å². The number of aromatic nitrogens is 2. The molecule has 2 bridgehead atoms. The average Bonchev–Trinajstić information content (AvgIpc) is 3.31. The van der Waals surface area contributed by atoms with Gasteiger partial charge in [-0.05, 0) is 43.9 Å². The molecule has 0 saturated carbocycles. The fourth-order valence-electron chi connectivity index (χ4n) is 4.75. The van der Waals surface area contributed by atoms with Crippen molar-refractivity contribution in [3.05, 3.63) is 58.9 Å². The summed E-state index contributed by atoms with van der Waals surface area (Å²) >= 11 is 0. The van der Waals surface area contributed by atoms with Crippen LogP contribution in [0.4, 0.5) is 8.78 Å². The van der Waals surface area contributed by atoms with Crippen molar-refractivity contribution in [1.29, 1.82) is 0 Å². The standard InChI is InChI=1S/C25H24F2N4O2/c1-4-29(2)12-6-7-15-10-11-17-18(13-15)31-19-14-20(23(31)28-17)30(3)24(32)16-8-5-9-21(22(16)19)33-25(26)27/h5,8-11,13,19-20,25H,4,12,14H2,1-3H3/t19-,20-/m1/s1. The zero-order valence-electron chi connectivity index (χ0n) is 18.7. The van der Waals surface area contributed by atoms with E-state index in [1.165, 1.54) is 6.07 Å². The van der Waals surface area contributed by atoms with E-state index in [1.54, 1.807) is 24.1 Å². The van der Waals surface area contributed by atoms with Crippen LogP contribution in [-0.2, 0) is 0 Å². The molecule has 0 radical (unpaired) electrons. The first-order valence-electron chi connectivity index (χ1n) is 10.9. The van der Waals surface area contributed by atoms with Crippen molar-refractivity contribution in [2.75, 3.05) is 27.2 Å². The van der Waals surface area contributed by atoms with Crippen LogP contribution in [0.15, 0.2) is 36.4 Å². The van der Waals surface area contributed by atoms with Gasteiger partial charge in [0, 0.05) is 30.2 Å². The topological polar surface area (TPSA) is 50.6 Å². The second kappa shape index (κ2) is 8.16. The lowest BCUT2D eigenvalue weighted by molar-refractivity contribution is -0.0507. The molecule has 0 saturated heterocycles. The van der Waals surface area contributed by atoms with Gasteiger partial charge in [-0.1, -0.05) is 24.8 Å². The summed E-state index contributed by atoms with van der Waals surface area (Å²) in [6.45, 7) is 0.682. The van der Waals surface area contributed by atoms with Crippen LogP contribution in [0.3, 0.4) is 0 Å². The van der Waals surface area contributed by atoms with E-state index in [4.69, 9.17) is 9.72 Å². The predicted molar refractivity (Wildman–Crippen MR) is 120 cm³/mol. The Balaban J connectivity index is 1.67. The molecule has 2 aliphatic heterocycles. The molecule has 0 fully saturated rings. The molecule has 5 rings (SSSR count). The number of halogens is 2. The number of imidazole rings is 1. The van der Waals surface area contributed by atoms with E-state index < -0.39 is 6.61 Å². The Kier molecular flexibility index (Phi) is 5.29. The Hall–Kier alpha value is -3.44. The minimum atomic E-state index is -2.98. The van der Waals surface area contributed by atoms with Gasteiger partial charge >= 0.3 is 6.61 Å². The fraction of sp³-hybridized carbons (Fsp3) is 0.360. The zero-order chi connectivity index (χ0) is 23.3. The van der Waals surface area contributed by atoms with Crippen molar-refractivity contribution in [3.63, 3.8) is 0 Å². The Morgan fingerprint density at radius 2 is 2.09 bits per heavy atom. The number of rotatable bonds is 4. The number of alkyl halides is 2. The molecule has 3 heterocycles. The highest BCUT2D eigenvalue weighted by molar-refractivity contribution is 5.97. The molecule has 170 valence electrons. The molecule has 6 nitrogen and oxygen atoms in total. The van der Waals surface area contributed by atoms with Gasteiger partial charge in [-0.3, -0.25) is 9.69 Å². The van der Waals surface area contributed by atoms with Crippen LogP contribution >= 0.6 is 0 Å². The van der Waals surface area contributed by atoms with Gasteiger partial charge in [-0.15, -0.1) is 0 Å². The number of carbonyl (C=O) groups is 1. The van der Waals surface area contributed by atoms with Gasteiger partial charge in [0.1, 0.15) is 11.6 Å². The Morgan fingerprint density at radius 1 is 1.27 bits per heavy atom. The van der Waals surface area contributed by atoms with Crippen molar-refractivity contribution in [2.24, 2.45) is 0 Å². The van der Waals surface area contributed by atoms with Crippen LogP contribution in [0.2, 0.25) is 0 Å². The summed E-state index contributed by atoms with van der Waals surface area (Å²) in [7, 11) is 3.75. The molecule has 1 aromatic heterocycles. The summed E-state index contributed by atoms with van der Waals surface area (Å²) in [5.41, 5.74) is 3.38. The molecule has 33 heavy (non-hydrogen) atoms. The minimum Gasteiger partial charge on any atom is -0.434 e. The molecule has 0 spiro atoms. The lowest BCUT2D eigenvalue weighted by Crippen LogP contribution is -2.30. The molecule has 2 atom stereocenters. The maximum absolute atomic E-state index is 13.2. The second-order valence-corrected chi connectivity index (χ2v) is 8.45. The third-order valence-corrected chi connectivity index (χ3v) is 6.53. The van der Waals surface area contributed by atoms with Crippen molar-refractivity contribution >= 4 is 16.9 Å². The van der Waals surface area contributed by atoms with Crippen LogP contribution < -0.4 is 4.74 Å². The lowest BCUT2D eigenvalue weighted by Gasteiger charge is -2.24. The third kappa shape index (κ3) is 3.53. The first-order chi connectivity index (χ1) is 15.9. The Morgan fingerprint density at radius 3 is 2.85 bits per heavy atom. The van der Waals surface area contributed by atoms with Crippen LogP contribution in [0.5, 0.6) is 5.75 Å². The van der Waals surface area contributed by atoms with Gasteiger partial charge < -0.3 is 14.2 Å². The third-order valence-electron chi connectivity index (χ3n) is 6.53. The lowest BCUT2D eigenvalue weighted by atomic mass is 9.97. The first-order valence-corrected chi connectivity index (χ1v) is 10.9. The molecule has 0 unspecified atom stereocenters. The van der Waals surface area contributed by atoms with Gasteiger partial charge in [0.25, 0.3) is 5.91 Å². The van der Waals surface area contributed by atoms with Gasteiger partial charge in [0.15, 0.2) is 0 Å². The average molecular weight is 450 g/mol. The van der Waals surface area contributed by atoms with Gasteiger partial charge in [-0.25, -0.2) is 4.98 Å². The van der Waals surface area contributed by atoms with E-state index in [1.807, 2.05) is 25.2 Å². The second-order valence-electron chi connectivity index (χ2n) is 8.45. The number of ether oxygens (including phenoxy) is 1. The minimum absolute atomic E-state index is 0.0307. The molecular formula is C25H24F2N4O2. The number of hydrogen-bond acceptors (Lipinski definition) is 4. The number of amides is 1. The smallest absolute Gasteiger partial charge is 0.387 e. The van der Waals surface area contributed by atoms with Gasteiger partial charge in [0.05, 0.1) is 29.7 Å². The van der Waals surface area contributed by atoms with E-state index in [9.17, 15) is 13.6 Å². The number of carbonyl (C=O) groups excluding carboxylic acids is 1. The van der Waals surface area contributed by atoms with Gasteiger partial charge in [-0.2, -0.15) is 8.78 Å². The van der Waals surface area contributed by atoms with Crippen LogP contribution in [0, 0.1) is 11.8 Å². The Labute approximate surface area is 190 Å². The van der Waals surface area contributed by atoms with Gasteiger partial charge in [0.2, 0.25) is 0 Å². The highest BCUT2D eigenvalue weighted by Gasteiger charge is 2.44. The molecule has 2 aromatic carbocycles. The van der Waals surface area contributed by atoms with Crippen LogP contribution in [0.25, 0.3) is 11.0 Å². The largest absolute Gasteiger partial charge is 0.434 e. The van der Waals surface area contributed by atoms with Crippen molar-refractivity contribution < 1.29 is 18.3 Å². The summed E-state index contributed by atoms with van der Waals surface area (Å²) in [5.74, 6) is 6.95.